The van der Waals surface area contributed by atoms with Crippen molar-refractivity contribution in [3.63, 3.8) is 0 Å². The highest BCUT2D eigenvalue weighted by molar-refractivity contribution is 7.18. The molecule has 2 heterocycles. The first kappa shape index (κ1) is 15.7. The fourth-order valence-corrected chi connectivity index (χ4v) is 3.90. The van der Waals surface area contributed by atoms with Crippen LogP contribution in [0, 0.1) is 0 Å². The third-order valence-corrected chi connectivity index (χ3v) is 5.33. The van der Waals surface area contributed by atoms with Crippen LogP contribution in [0.25, 0.3) is 10.6 Å². The van der Waals surface area contributed by atoms with E-state index in [9.17, 15) is 0 Å². The van der Waals surface area contributed by atoms with E-state index in [2.05, 4.69) is 34.3 Å². The second-order valence-corrected chi connectivity index (χ2v) is 7.33. The van der Waals surface area contributed by atoms with Crippen LogP contribution in [0.2, 0.25) is 5.02 Å². The number of anilines is 1. The van der Waals surface area contributed by atoms with Crippen LogP contribution in [0.1, 0.15) is 26.7 Å². The molecule has 0 unspecified atom stereocenters. The van der Waals surface area contributed by atoms with Gasteiger partial charge in [-0.1, -0.05) is 41.1 Å². The van der Waals surface area contributed by atoms with Gasteiger partial charge in [0.2, 0.25) is 5.13 Å². The molecule has 0 radical (unpaired) electrons. The topological polar surface area (TPSA) is 41.0 Å². The molecule has 4 nitrogen and oxygen atoms in total. The highest BCUT2D eigenvalue weighted by atomic mass is 35.5. The van der Waals surface area contributed by atoms with Gasteiger partial charge in [-0.25, -0.2) is 0 Å². The van der Waals surface area contributed by atoms with Gasteiger partial charge in [0.05, 0.1) is 5.02 Å². The van der Waals surface area contributed by atoms with E-state index in [4.69, 9.17) is 11.6 Å². The monoisotopic (exact) mass is 336 g/mol. The van der Waals surface area contributed by atoms with Crippen molar-refractivity contribution in [1.82, 2.24) is 15.1 Å². The van der Waals surface area contributed by atoms with Gasteiger partial charge < -0.3 is 10.2 Å². The van der Waals surface area contributed by atoms with E-state index >= 15 is 0 Å². The number of likely N-dealkylation sites (tertiary alicyclic amines) is 1. The lowest BCUT2D eigenvalue weighted by Gasteiger charge is -2.34. The second kappa shape index (κ2) is 6.94. The van der Waals surface area contributed by atoms with Crippen molar-refractivity contribution in [3.05, 3.63) is 29.3 Å². The Hall–Kier alpha value is -1.17. The molecule has 0 atom stereocenters. The number of halogens is 1. The molecular formula is C16H21ClN4S. The molecule has 0 amide bonds. The molecule has 1 N–H and O–H groups in total. The predicted molar refractivity (Wildman–Crippen MR) is 93.7 cm³/mol. The summed E-state index contributed by atoms with van der Waals surface area (Å²) >= 11 is 7.79. The Labute approximate surface area is 140 Å². The number of nitrogens with one attached hydrogen (secondary N) is 1. The van der Waals surface area contributed by atoms with Crippen LogP contribution < -0.4 is 5.32 Å². The molecule has 6 heteroatoms. The molecule has 3 rings (SSSR count). The largest absolute Gasteiger partial charge is 0.357 e. The minimum absolute atomic E-state index is 0.488. The van der Waals surface area contributed by atoms with Gasteiger partial charge in [0.15, 0.2) is 5.01 Å². The molecule has 0 aliphatic carbocycles. The van der Waals surface area contributed by atoms with Gasteiger partial charge in [0.1, 0.15) is 0 Å². The van der Waals surface area contributed by atoms with Gasteiger partial charge in [-0.15, -0.1) is 10.2 Å². The van der Waals surface area contributed by atoms with Crippen molar-refractivity contribution in [2.24, 2.45) is 0 Å². The van der Waals surface area contributed by atoms with Gasteiger partial charge in [-0.05, 0) is 32.8 Å². The minimum Gasteiger partial charge on any atom is -0.357 e. The van der Waals surface area contributed by atoms with Gasteiger partial charge in [-0.3, -0.25) is 0 Å². The summed E-state index contributed by atoms with van der Waals surface area (Å²) in [5.41, 5.74) is 0.948. The van der Waals surface area contributed by atoms with Gasteiger partial charge in [-0.2, -0.15) is 0 Å². The van der Waals surface area contributed by atoms with E-state index in [1.54, 1.807) is 11.3 Å². The van der Waals surface area contributed by atoms with E-state index in [1.807, 2.05) is 24.3 Å². The summed E-state index contributed by atoms with van der Waals surface area (Å²) in [6.07, 6.45) is 2.30. The van der Waals surface area contributed by atoms with E-state index in [0.29, 0.717) is 12.1 Å². The first-order chi connectivity index (χ1) is 10.6. The summed E-state index contributed by atoms with van der Waals surface area (Å²) in [6, 6.07) is 8.88. The van der Waals surface area contributed by atoms with Crippen LogP contribution in [0.3, 0.4) is 0 Å². The molecule has 2 aromatic rings. The summed E-state index contributed by atoms with van der Waals surface area (Å²) in [7, 11) is 0. The van der Waals surface area contributed by atoms with E-state index < -0.39 is 0 Å². The van der Waals surface area contributed by atoms with Crippen molar-refractivity contribution in [2.45, 2.75) is 38.8 Å². The van der Waals surface area contributed by atoms with Crippen molar-refractivity contribution < 1.29 is 0 Å². The lowest BCUT2D eigenvalue weighted by atomic mass is 10.0. The average Bonchev–Trinajstić information content (AvgIpc) is 2.96. The molecule has 1 saturated heterocycles. The Bertz CT molecular complexity index is 620. The fourth-order valence-electron chi connectivity index (χ4n) is 2.76. The van der Waals surface area contributed by atoms with Crippen molar-refractivity contribution in [2.75, 3.05) is 18.4 Å². The van der Waals surface area contributed by atoms with Crippen molar-refractivity contribution >= 4 is 28.1 Å². The smallest absolute Gasteiger partial charge is 0.206 e. The standard InChI is InChI=1S/C16H21ClN4S/c1-11(2)21-9-7-12(8-10-21)18-16-20-19-15(22-16)13-5-3-4-6-14(13)17/h3-6,11-12H,7-10H2,1-2H3,(H,18,20). The summed E-state index contributed by atoms with van der Waals surface area (Å²) < 4.78 is 0. The molecule has 1 aliphatic heterocycles. The van der Waals surface area contributed by atoms with Crippen LogP contribution in [-0.2, 0) is 0 Å². The molecule has 0 saturated carbocycles. The van der Waals surface area contributed by atoms with Crippen molar-refractivity contribution in [3.8, 4) is 10.6 Å². The van der Waals surface area contributed by atoms with Crippen LogP contribution in [-0.4, -0.2) is 40.3 Å². The first-order valence-electron chi connectivity index (χ1n) is 7.72. The first-order valence-corrected chi connectivity index (χ1v) is 8.92. The zero-order chi connectivity index (χ0) is 15.5. The van der Waals surface area contributed by atoms with E-state index in [-0.39, 0.29) is 0 Å². The van der Waals surface area contributed by atoms with Crippen LogP contribution in [0.5, 0.6) is 0 Å². The van der Waals surface area contributed by atoms with Gasteiger partial charge in [0.25, 0.3) is 0 Å². The number of hydrogen-bond acceptors (Lipinski definition) is 5. The zero-order valence-corrected chi connectivity index (χ0v) is 14.5. The summed E-state index contributed by atoms with van der Waals surface area (Å²) in [5.74, 6) is 0. The molecule has 1 fully saturated rings. The van der Waals surface area contributed by atoms with Crippen LogP contribution in [0.4, 0.5) is 5.13 Å². The van der Waals surface area contributed by atoms with Crippen molar-refractivity contribution in [1.29, 1.82) is 0 Å². The second-order valence-electron chi connectivity index (χ2n) is 5.94. The summed E-state index contributed by atoms with van der Waals surface area (Å²) in [4.78, 5) is 2.52. The lowest BCUT2D eigenvalue weighted by Crippen LogP contribution is -2.42. The van der Waals surface area contributed by atoms with Crippen LogP contribution >= 0.6 is 22.9 Å². The van der Waals surface area contributed by atoms with E-state index in [0.717, 1.165) is 46.7 Å². The number of aromatic nitrogens is 2. The highest BCUT2D eigenvalue weighted by Gasteiger charge is 2.21. The maximum absolute atomic E-state index is 6.22. The molecule has 1 aliphatic rings. The third kappa shape index (κ3) is 3.59. The Morgan fingerprint density at radius 3 is 2.64 bits per heavy atom. The number of nitrogens with zero attached hydrogens (tertiary/aromatic N) is 3. The SMILES string of the molecule is CC(C)N1CCC(Nc2nnc(-c3ccccc3Cl)s2)CC1. The molecule has 1 aromatic heterocycles. The Balaban J connectivity index is 1.62. The minimum atomic E-state index is 0.488. The molecule has 0 bridgehead atoms. The van der Waals surface area contributed by atoms with Gasteiger partial charge in [0, 0.05) is 30.7 Å². The number of hydrogen-bond donors (Lipinski definition) is 1. The maximum Gasteiger partial charge on any atom is 0.206 e. The summed E-state index contributed by atoms with van der Waals surface area (Å²) in [6.45, 7) is 6.81. The van der Waals surface area contributed by atoms with E-state index in [1.165, 1.54) is 0 Å². The zero-order valence-electron chi connectivity index (χ0n) is 12.9. The predicted octanol–water partition coefficient (Wildman–Crippen LogP) is 4.14. The number of rotatable bonds is 4. The maximum atomic E-state index is 6.22. The quantitative estimate of drug-likeness (QED) is 0.910. The number of piperidine rings is 1. The Morgan fingerprint density at radius 2 is 1.95 bits per heavy atom. The molecule has 118 valence electrons. The molecule has 0 spiro atoms. The fraction of sp³-hybridized carbons (Fsp3) is 0.500. The molecule has 22 heavy (non-hydrogen) atoms. The third-order valence-electron chi connectivity index (χ3n) is 4.12. The lowest BCUT2D eigenvalue weighted by molar-refractivity contribution is 0.177. The summed E-state index contributed by atoms with van der Waals surface area (Å²) in [5, 5.41) is 14.5. The Morgan fingerprint density at radius 1 is 1.23 bits per heavy atom. The molecular weight excluding hydrogens is 316 g/mol. The molecule has 1 aromatic carbocycles. The average molecular weight is 337 g/mol. The van der Waals surface area contributed by atoms with Crippen LogP contribution in [0.15, 0.2) is 24.3 Å². The number of benzene rings is 1. The Kier molecular flexibility index (Phi) is 4.96. The van der Waals surface area contributed by atoms with Gasteiger partial charge >= 0.3 is 0 Å². The highest BCUT2D eigenvalue weighted by Crippen LogP contribution is 2.32. The normalized spacial score (nSPS) is 17.1.